The number of nitrogens with one attached hydrogen (secondary N) is 1. The number of hydrogen-bond acceptors (Lipinski definition) is 12. The van der Waals surface area contributed by atoms with E-state index in [0.717, 1.165) is 12.8 Å². The van der Waals surface area contributed by atoms with Crippen molar-refractivity contribution in [3.8, 4) is 28.7 Å². The van der Waals surface area contributed by atoms with Crippen molar-refractivity contribution in [2.75, 3.05) is 78.7 Å². The van der Waals surface area contributed by atoms with Crippen molar-refractivity contribution in [2.24, 2.45) is 5.92 Å². The second kappa shape index (κ2) is 16.0. The molecule has 1 N–H and O–H groups in total. The summed E-state index contributed by atoms with van der Waals surface area (Å²) < 4.78 is 65.3. The van der Waals surface area contributed by atoms with Gasteiger partial charge in [0.05, 0.1) is 39.7 Å². The second-order valence-electron chi connectivity index (χ2n) is 13.5. The second-order valence-corrected chi connectivity index (χ2v) is 15.4. The van der Waals surface area contributed by atoms with Crippen LogP contribution in [0, 0.1) is 5.92 Å². The number of para-hydroxylation sites is 1. The quantitative estimate of drug-likeness (QED) is 0.300. The summed E-state index contributed by atoms with van der Waals surface area (Å²) in [5, 5.41) is 3.68. The number of hydrogen-bond donors (Lipinski definition) is 1. The average Bonchev–Trinajstić information content (AvgIpc) is 3.74. The van der Waals surface area contributed by atoms with Gasteiger partial charge in [-0.3, -0.25) is 9.59 Å². The van der Waals surface area contributed by atoms with E-state index in [4.69, 9.17) is 33.1 Å². The zero-order valence-corrected chi connectivity index (χ0v) is 31.5. The molecule has 0 saturated carbocycles. The Bertz CT molecular complexity index is 2110. The molecule has 2 aromatic carbocycles. The van der Waals surface area contributed by atoms with Gasteiger partial charge in [0.2, 0.25) is 21.7 Å². The highest BCUT2D eigenvalue weighted by Gasteiger charge is 2.34. The molecule has 1 unspecified atom stereocenters. The van der Waals surface area contributed by atoms with Crippen LogP contribution in [-0.4, -0.2) is 108 Å². The van der Waals surface area contributed by atoms with Crippen LogP contribution in [-0.2, 0) is 21.4 Å². The van der Waals surface area contributed by atoms with Crippen LogP contribution in [0.4, 0.5) is 5.82 Å². The number of nitrogens with zero attached hydrogens (tertiary/aromatic N) is 4. The topological polar surface area (TPSA) is 162 Å². The Morgan fingerprint density at radius 2 is 1.74 bits per heavy atom. The molecule has 3 aliphatic rings. The van der Waals surface area contributed by atoms with E-state index in [1.165, 1.54) is 35.8 Å². The first-order valence-corrected chi connectivity index (χ1v) is 19.5. The number of carbonyl (C=O) groups excluding carboxylic acids is 2. The maximum Gasteiger partial charge on any atom is 0.290 e. The maximum atomic E-state index is 14.8. The van der Waals surface area contributed by atoms with Gasteiger partial charge < -0.3 is 43.2 Å². The molecule has 1 fully saturated rings. The number of amides is 2. The van der Waals surface area contributed by atoms with Gasteiger partial charge in [-0.25, -0.2) is 13.4 Å². The summed E-state index contributed by atoms with van der Waals surface area (Å²) >= 11 is 0. The molecule has 0 radical (unpaired) electrons. The minimum absolute atomic E-state index is 0.00211. The van der Waals surface area contributed by atoms with E-state index in [2.05, 4.69) is 10.2 Å². The normalized spacial score (nSPS) is 18.8. The number of methoxy groups -OCH3 is 3. The number of benzene rings is 2. The number of ether oxygens (including phenoxy) is 5. The van der Waals surface area contributed by atoms with E-state index in [9.17, 15) is 18.0 Å². The Hall–Kier alpha value is -5.22. The minimum atomic E-state index is -4.21. The fraction of sp³-hybridized carbons (Fsp3) is 0.447. The van der Waals surface area contributed by atoms with Crippen molar-refractivity contribution < 1.29 is 46.1 Å². The molecule has 54 heavy (non-hydrogen) atoms. The molecule has 0 aliphatic carbocycles. The average molecular weight is 764 g/mol. The van der Waals surface area contributed by atoms with Gasteiger partial charge in [-0.1, -0.05) is 6.07 Å². The summed E-state index contributed by atoms with van der Waals surface area (Å²) in [6.07, 6.45) is 3.88. The van der Waals surface area contributed by atoms with Crippen molar-refractivity contribution in [1.82, 2.24) is 19.5 Å². The van der Waals surface area contributed by atoms with E-state index >= 15 is 0 Å². The predicted molar refractivity (Wildman–Crippen MR) is 198 cm³/mol. The molecule has 2 bridgehead atoms. The van der Waals surface area contributed by atoms with Crippen LogP contribution in [0.2, 0.25) is 0 Å². The lowest BCUT2D eigenvalue weighted by Gasteiger charge is -2.36. The molecule has 3 aliphatic heterocycles. The molecule has 1 atom stereocenters. The first-order chi connectivity index (χ1) is 26.2. The van der Waals surface area contributed by atoms with Crippen LogP contribution in [0.5, 0.6) is 28.7 Å². The highest BCUT2D eigenvalue weighted by molar-refractivity contribution is 7.89. The predicted octanol–water partition coefficient (Wildman–Crippen LogP) is 4.08. The van der Waals surface area contributed by atoms with Crippen LogP contribution >= 0.6 is 0 Å². The smallest absolute Gasteiger partial charge is 0.290 e. The summed E-state index contributed by atoms with van der Waals surface area (Å²) in [5.74, 6) is 1.92. The molecule has 1 saturated heterocycles. The molecule has 7 rings (SSSR count). The largest absolute Gasteiger partial charge is 0.493 e. The van der Waals surface area contributed by atoms with Gasteiger partial charge in [-0.05, 0) is 61.9 Å². The van der Waals surface area contributed by atoms with E-state index in [1.807, 2.05) is 6.07 Å². The first kappa shape index (κ1) is 37.1. The van der Waals surface area contributed by atoms with Gasteiger partial charge in [0.15, 0.2) is 28.8 Å². The molecule has 4 aromatic rings. The lowest BCUT2D eigenvalue weighted by Crippen LogP contribution is -2.45. The number of furan rings is 1. The lowest BCUT2D eigenvalue weighted by atomic mass is 9.97. The molecule has 0 spiro atoms. The summed E-state index contributed by atoms with van der Waals surface area (Å²) in [7, 11) is 0.404. The molecule has 2 aromatic heterocycles. The number of sulfonamides is 1. The third kappa shape index (κ3) is 7.44. The fourth-order valence-corrected chi connectivity index (χ4v) is 8.99. The highest BCUT2D eigenvalue weighted by Crippen LogP contribution is 2.45. The van der Waals surface area contributed by atoms with Crippen LogP contribution in [0.15, 0.2) is 58.0 Å². The van der Waals surface area contributed by atoms with Crippen molar-refractivity contribution in [1.29, 1.82) is 0 Å². The zero-order chi connectivity index (χ0) is 37.8. The summed E-state index contributed by atoms with van der Waals surface area (Å²) in [6.45, 7) is 2.27. The van der Waals surface area contributed by atoms with Crippen molar-refractivity contribution in [3.63, 3.8) is 0 Å². The molecule has 2 amide bonds. The zero-order valence-electron chi connectivity index (χ0n) is 30.7. The third-order valence-electron chi connectivity index (χ3n) is 10.0. The van der Waals surface area contributed by atoms with Gasteiger partial charge in [0.1, 0.15) is 23.9 Å². The summed E-state index contributed by atoms with van der Waals surface area (Å²) in [5.41, 5.74) is 1.25. The monoisotopic (exact) mass is 763 g/mol. The standard InChI is InChI=1S/C38H45N5O10S/c1-48-31-20-28-27(34(49-2)36(31)50-3)19-26-23-43(54(46,47)32-12-6-10-29-35(32)53-18-17-52-29)15-5-4-13-42(38(45)30-11-8-16-51-30)24-33(44)39-21-25-9-7-14-41(22-25)37(26)40-28/h6,8,10-12,16,19-20,25H,4-5,7,9,13-15,17-18,21-24H2,1-3H3,(H,39,44). The number of rotatable bonds is 6. The van der Waals surface area contributed by atoms with Gasteiger partial charge in [-0.15, -0.1) is 0 Å². The first-order valence-electron chi connectivity index (χ1n) is 18.1. The number of piperidine rings is 1. The SMILES string of the molecule is COc1cc2nc3c(cc2c(OC)c1OC)CN(S(=O)(=O)c1cccc2c1OCCO2)CCCCN(C(=O)c1ccco1)CC(=O)NCC1CCCN3C1. The van der Waals surface area contributed by atoms with E-state index in [-0.39, 0.29) is 61.0 Å². The Kier molecular flexibility index (Phi) is 11.0. The van der Waals surface area contributed by atoms with Crippen molar-refractivity contribution in [2.45, 2.75) is 37.1 Å². The van der Waals surface area contributed by atoms with E-state index in [0.29, 0.717) is 84.4 Å². The Balaban J connectivity index is 1.34. The lowest BCUT2D eigenvalue weighted by molar-refractivity contribution is -0.122. The number of pyridine rings is 1. The number of aromatic nitrogens is 1. The van der Waals surface area contributed by atoms with E-state index in [1.54, 1.807) is 37.4 Å². The van der Waals surface area contributed by atoms with Gasteiger partial charge in [-0.2, -0.15) is 4.31 Å². The molecular formula is C38H45N5O10S. The summed E-state index contributed by atoms with van der Waals surface area (Å²) in [4.78, 5) is 35.5. The van der Waals surface area contributed by atoms with Gasteiger partial charge in [0, 0.05) is 56.3 Å². The van der Waals surface area contributed by atoms with Crippen LogP contribution in [0.25, 0.3) is 10.9 Å². The third-order valence-corrected chi connectivity index (χ3v) is 11.9. The van der Waals surface area contributed by atoms with Gasteiger partial charge >= 0.3 is 0 Å². The van der Waals surface area contributed by atoms with Crippen molar-refractivity contribution in [3.05, 3.63) is 60.1 Å². The Morgan fingerprint density at radius 1 is 0.926 bits per heavy atom. The fourth-order valence-electron chi connectivity index (χ4n) is 7.39. The maximum absolute atomic E-state index is 14.8. The number of fused-ring (bicyclic) bond motifs is 6. The van der Waals surface area contributed by atoms with Crippen LogP contribution < -0.4 is 33.9 Å². The summed E-state index contributed by atoms with van der Waals surface area (Å²) in [6, 6.07) is 11.7. The molecule has 16 heteroatoms. The molecular weight excluding hydrogens is 719 g/mol. The van der Waals surface area contributed by atoms with Crippen LogP contribution in [0.3, 0.4) is 0 Å². The number of carbonyl (C=O) groups is 2. The van der Waals surface area contributed by atoms with Gasteiger partial charge in [0.25, 0.3) is 5.91 Å². The Labute approximate surface area is 314 Å². The van der Waals surface area contributed by atoms with Crippen molar-refractivity contribution >= 4 is 38.6 Å². The molecule has 5 heterocycles. The Morgan fingerprint density at radius 3 is 2.52 bits per heavy atom. The minimum Gasteiger partial charge on any atom is -0.493 e. The highest BCUT2D eigenvalue weighted by atomic mass is 32.2. The number of anilines is 1. The van der Waals surface area contributed by atoms with E-state index < -0.39 is 15.9 Å². The van der Waals surface area contributed by atoms with Crippen LogP contribution in [0.1, 0.15) is 41.8 Å². The molecule has 15 nitrogen and oxygen atoms in total. The molecule has 288 valence electrons.